The molecule has 0 aliphatic carbocycles. The SMILES string of the molecule is CC(C=O)C1NC(=O)NC1=O. The van der Waals surface area contributed by atoms with Gasteiger partial charge in [0.25, 0.3) is 5.91 Å². The average Bonchev–Trinajstić information content (AvgIpc) is 2.28. The number of hydrogen-bond acceptors (Lipinski definition) is 3. The molecule has 1 fully saturated rings. The van der Waals surface area contributed by atoms with E-state index in [-0.39, 0.29) is 0 Å². The smallest absolute Gasteiger partial charge is 0.322 e. The molecule has 0 bridgehead atoms. The lowest BCUT2D eigenvalue weighted by Crippen LogP contribution is -2.36. The molecule has 5 nitrogen and oxygen atoms in total. The minimum absolute atomic E-state index is 0.436. The Balaban J connectivity index is 2.66. The fourth-order valence-corrected chi connectivity index (χ4v) is 0.881. The molecule has 1 aliphatic rings. The third-order valence-electron chi connectivity index (χ3n) is 1.55. The Morgan fingerprint density at radius 3 is 2.55 bits per heavy atom. The molecule has 5 heteroatoms. The van der Waals surface area contributed by atoms with Crippen LogP contribution < -0.4 is 10.6 Å². The van der Waals surface area contributed by atoms with Crippen molar-refractivity contribution in [3.05, 3.63) is 0 Å². The van der Waals surface area contributed by atoms with Crippen LogP contribution in [0.3, 0.4) is 0 Å². The fourth-order valence-electron chi connectivity index (χ4n) is 0.881. The maximum atomic E-state index is 10.8. The van der Waals surface area contributed by atoms with E-state index in [1.54, 1.807) is 6.92 Å². The summed E-state index contributed by atoms with van der Waals surface area (Å²) >= 11 is 0. The van der Waals surface area contributed by atoms with Crippen molar-refractivity contribution in [2.45, 2.75) is 13.0 Å². The molecule has 1 saturated heterocycles. The lowest BCUT2D eigenvalue weighted by atomic mass is 10.1. The monoisotopic (exact) mass is 156 g/mol. The van der Waals surface area contributed by atoms with E-state index in [1.165, 1.54) is 0 Å². The summed E-state index contributed by atoms with van der Waals surface area (Å²) in [4.78, 5) is 31.6. The Kier molecular flexibility index (Phi) is 1.89. The molecule has 2 N–H and O–H groups in total. The lowest BCUT2D eigenvalue weighted by molar-refractivity contribution is -0.123. The van der Waals surface area contributed by atoms with E-state index >= 15 is 0 Å². The predicted molar refractivity (Wildman–Crippen MR) is 35.7 cm³/mol. The number of nitrogens with one attached hydrogen (secondary N) is 2. The molecule has 0 aromatic heterocycles. The number of amides is 3. The number of urea groups is 1. The Morgan fingerprint density at radius 1 is 1.55 bits per heavy atom. The molecule has 0 aromatic rings. The van der Waals surface area contributed by atoms with Crippen LogP contribution in [-0.4, -0.2) is 24.3 Å². The summed E-state index contributed by atoms with van der Waals surface area (Å²) in [5, 5.41) is 4.36. The van der Waals surface area contributed by atoms with Crippen molar-refractivity contribution in [2.24, 2.45) is 5.92 Å². The molecular formula is C6H8N2O3. The maximum absolute atomic E-state index is 10.8. The minimum atomic E-state index is -0.694. The van der Waals surface area contributed by atoms with Crippen LogP contribution in [0.4, 0.5) is 4.79 Å². The highest BCUT2D eigenvalue weighted by Gasteiger charge is 2.33. The number of imide groups is 1. The summed E-state index contributed by atoms with van der Waals surface area (Å²) in [5.74, 6) is -0.906. The standard InChI is InChI=1S/C6H8N2O3/c1-3(2-9)4-5(10)8-6(11)7-4/h2-4H,1H3,(H2,7,8,10,11). The number of aldehydes is 1. The molecular weight excluding hydrogens is 148 g/mol. The van der Waals surface area contributed by atoms with Crippen molar-refractivity contribution in [2.75, 3.05) is 0 Å². The molecule has 11 heavy (non-hydrogen) atoms. The average molecular weight is 156 g/mol. The van der Waals surface area contributed by atoms with Crippen molar-refractivity contribution in [3.63, 3.8) is 0 Å². The summed E-state index contributed by atoms with van der Waals surface area (Å²) in [5.41, 5.74) is 0. The molecule has 2 atom stereocenters. The van der Waals surface area contributed by atoms with Crippen molar-refractivity contribution in [3.8, 4) is 0 Å². The van der Waals surface area contributed by atoms with Gasteiger partial charge in [-0.15, -0.1) is 0 Å². The highest BCUT2D eigenvalue weighted by Crippen LogP contribution is 2.03. The van der Waals surface area contributed by atoms with Gasteiger partial charge in [-0.1, -0.05) is 6.92 Å². The van der Waals surface area contributed by atoms with Crippen molar-refractivity contribution >= 4 is 18.2 Å². The first-order valence-electron chi connectivity index (χ1n) is 3.22. The number of carbonyl (C=O) groups is 3. The topological polar surface area (TPSA) is 75.3 Å². The maximum Gasteiger partial charge on any atom is 0.322 e. The zero-order valence-electron chi connectivity index (χ0n) is 5.96. The predicted octanol–water partition coefficient (Wildman–Crippen LogP) is -0.971. The van der Waals surface area contributed by atoms with Gasteiger partial charge in [0.15, 0.2) is 0 Å². The molecule has 0 spiro atoms. The van der Waals surface area contributed by atoms with Crippen LogP contribution in [0.5, 0.6) is 0 Å². The van der Waals surface area contributed by atoms with Gasteiger partial charge in [0, 0.05) is 5.92 Å². The highest BCUT2D eigenvalue weighted by atomic mass is 16.2. The summed E-state index contributed by atoms with van der Waals surface area (Å²) in [7, 11) is 0. The Morgan fingerprint density at radius 2 is 2.18 bits per heavy atom. The fraction of sp³-hybridized carbons (Fsp3) is 0.500. The lowest BCUT2D eigenvalue weighted by Gasteiger charge is -2.08. The van der Waals surface area contributed by atoms with Crippen LogP contribution in [-0.2, 0) is 9.59 Å². The van der Waals surface area contributed by atoms with Gasteiger partial charge in [-0.2, -0.15) is 0 Å². The molecule has 0 saturated carbocycles. The largest absolute Gasteiger partial charge is 0.325 e. The zero-order chi connectivity index (χ0) is 8.43. The van der Waals surface area contributed by atoms with E-state index in [4.69, 9.17) is 0 Å². The first kappa shape index (κ1) is 7.71. The van der Waals surface area contributed by atoms with E-state index in [0.29, 0.717) is 6.29 Å². The first-order valence-corrected chi connectivity index (χ1v) is 3.22. The van der Waals surface area contributed by atoms with Crippen molar-refractivity contribution in [1.82, 2.24) is 10.6 Å². The van der Waals surface area contributed by atoms with E-state index in [1.807, 2.05) is 5.32 Å². The third-order valence-corrected chi connectivity index (χ3v) is 1.55. The summed E-state index contributed by atoms with van der Waals surface area (Å²) in [6, 6.07) is -1.23. The van der Waals surface area contributed by atoms with Gasteiger partial charge in [0.2, 0.25) is 0 Å². The molecule has 0 aromatic carbocycles. The molecule has 60 valence electrons. The molecule has 3 amide bonds. The van der Waals surface area contributed by atoms with Gasteiger partial charge in [0.05, 0.1) is 0 Å². The summed E-state index contributed by atoms with van der Waals surface area (Å²) in [6.07, 6.45) is 0.635. The van der Waals surface area contributed by atoms with E-state index in [2.05, 4.69) is 5.32 Å². The van der Waals surface area contributed by atoms with Crippen molar-refractivity contribution < 1.29 is 14.4 Å². The Bertz CT molecular complexity index is 214. The van der Waals surface area contributed by atoms with Crippen LogP contribution in [0.2, 0.25) is 0 Å². The summed E-state index contributed by atoms with van der Waals surface area (Å²) in [6.45, 7) is 1.57. The second-order valence-corrected chi connectivity index (χ2v) is 2.44. The summed E-state index contributed by atoms with van der Waals surface area (Å²) < 4.78 is 0. The number of hydrogen-bond donors (Lipinski definition) is 2. The van der Waals surface area contributed by atoms with Crippen LogP contribution >= 0.6 is 0 Å². The second-order valence-electron chi connectivity index (χ2n) is 2.44. The highest BCUT2D eigenvalue weighted by molar-refractivity contribution is 6.05. The molecule has 0 radical (unpaired) electrons. The molecule has 1 aliphatic heterocycles. The van der Waals surface area contributed by atoms with E-state index in [9.17, 15) is 14.4 Å². The molecule has 2 unspecified atom stereocenters. The van der Waals surface area contributed by atoms with Gasteiger partial charge in [-0.05, 0) is 0 Å². The van der Waals surface area contributed by atoms with Gasteiger partial charge in [-0.25, -0.2) is 4.79 Å². The molecule has 1 heterocycles. The van der Waals surface area contributed by atoms with Gasteiger partial charge < -0.3 is 10.1 Å². The quantitative estimate of drug-likeness (QED) is 0.399. The third kappa shape index (κ3) is 1.36. The van der Waals surface area contributed by atoms with Crippen LogP contribution in [0.1, 0.15) is 6.92 Å². The van der Waals surface area contributed by atoms with E-state index in [0.717, 1.165) is 0 Å². The number of carbonyl (C=O) groups excluding carboxylic acids is 3. The van der Waals surface area contributed by atoms with Crippen molar-refractivity contribution in [1.29, 1.82) is 0 Å². The second kappa shape index (κ2) is 2.69. The minimum Gasteiger partial charge on any atom is -0.325 e. The normalized spacial score (nSPS) is 25.7. The first-order chi connectivity index (χ1) is 5.15. The van der Waals surface area contributed by atoms with Gasteiger partial charge in [-0.3, -0.25) is 10.1 Å². The molecule has 1 rings (SSSR count). The van der Waals surface area contributed by atoms with Crippen LogP contribution in [0.15, 0.2) is 0 Å². The zero-order valence-corrected chi connectivity index (χ0v) is 5.96. The van der Waals surface area contributed by atoms with Crippen LogP contribution in [0.25, 0.3) is 0 Å². The van der Waals surface area contributed by atoms with Gasteiger partial charge >= 0.3 is 6.03 Å². The Labute approximate surface area is 63.1 Å². The van der Waals surface area contributed by atoms with E-state index < -0.39 is 23.9 Å². The van der Waals surface area contributed by atoms with Gasteiger partial charge in [0.1, 0.15) is 12.3 Å². The van der Waals surface area contributed by atoms with Crippen LogP contribution in [0, 0.1) is 5.92 Å². The Hall–Kier alpha value is -1.39. The number of rotatable bonds is 2.